The van der Waals surface area contributed by atoms with Gasteiger partial charge in [0.25, 0.3) is 0 Å². The van der Waals surface area contributed by atoms with Gasteiger partial charge < -0.3 is 18.9 Å². The maximum absolute atomic E-state index is 12.9. The van der Waals surface area contributed by atoms with Gasteiger partial charge in [0.1, 0.15) is 11.2 Å². The Hall–Kier alpha value is -2.10. The topological polar surface area (TPSA) is 77.8 Å². The third-order valence-corrected chi connectivity index (χ3v) is 5.60. The number of hydrogen-bond donors (Lipinski definition) is 0. The highest BCUT2D eigenvalue weighted by atomic mass is 127. The molecule has 0 bridgehead atoms. The summed E-state index contributed by atoms with van der Waals surface area (Å²) in [7, 11) is 0. The van der Waals surface area contributed by atoms with Crippen LogP contribution in [0.1, 0.15) is 44.5 Å². The Morgan fingerprint density at radius 1 is 1.27 bits per heavy atom. The SMILES string of the molecule is CCOC(=O)c1cn(C[C@@H]2CCN(C(=O)OC(C)(C)C)C2)c2ccc(I)cc2c1=O. The van der Waals surface area contributed by atoms with E-state index < -0.39 is 11.6 Å². The third kappa shape index (κ3) is 5.14. The molecule has 2 heterocycles. The van der Waals surface area contributed by atoms with Gasteiger partial charge in [0, 0.05) is 34.8 Å². The Bertz CT molecular complexity index is 1020. The minimum absolute atomic E-state index is 0.0355. The predicted octanol–water partition coefficient (Wildman–Crippen LogP) is 4.04. The van der Waals surface area contributed by atoms with Gasteiger partial charge in [0.15, 0.2) is 0 Å². The summed E-state index contributed by atoms with van der Waals surface area (Å²) in [5.41, 5.74) is -0.0481. The zero-order valence-electron chi connectivity index (χ0n) is 17.7. The molecule has 1 atom stereocenters. The molecule has 1 aromatic carbocycles. The van der Waals surface area contributed by atoms with Crippen molar-refractivity contribution < 1.29 is 19.1 Å². The summed E-state index contributed by atoms with van der Waals surface area (Å²) in [6.45, 7) is 9.25. The van der Waals surface area contributed by atoms with E-state index >= 15 is 0 Å². The first kappa shape index (κ1) is 22.6. The van der Waals surface area contributed by atoms with Crippen LogP contribution in [0, 0.1) is 9.49 Å². The highest BCUT2D eigenvalue weighted by molar-refractivity contribution is 14.1. The van der Waals surface area contributed by atoms with Gasteiger partial charge in [0.05, 0.1) is 12.1 Å². The van der Waals surface area contributed by atoms with E-state index in [-0.39, 0.29) is 29.6 Å². The molecule has 3 rings (SSSR count). The molecule has 1 saturated heterocycles. The average molecular weight is 526 g/mol. The van der Waals surface area contributed by atoms with Gasteiger partial charge in [-0.1, -0.05) is 0 Å². The molecule has 8 heteroatoms. The number of nitrogens with zero attached hydrogens (tertiary/aromatic N) is 2. The van der Waals surface area contributed by atoms with Crippen molar-refractivity contribution in [1.82, 2.24) is 9.47 Å². The van der Waals surface area contributed by atoms with Crippen LogP contribution in [0.25, 0.3) is 10.9 Å². The number of ether oxygens (including phenoxy) is 2. The smallest absolute Gasteiger partial charge is 0.410 e. The van der Waals surface area contributed by atoms with E-state index in [0.29, 0.717) is 25.0 Å². The second-order valence-electron chi connectivity index (χ2n) is 8.49. The number of halogens is 1. The molecule has 1 aromatic heterocycles. The lowest BCUT2D eigenvalue weighted by Crippen LogP contribution is -2.35. The maximum atomic E-state index is 12.9. The molecule has 1 aliphatic heterocycles. The number of likely N-dealkylation sites (tertiary alicyclic amines) is 1. The lowest BCUT2D eigenvalue weighted by Gasteiger charge is -2.24. The fourth-order valence-corrected chi connectivity index (χ4v) is 4.12. The van der Waals surface area contributed by atoms with Gasteiger partial charge in [-0.15, -0.1) is 0 Å². The van der Waals surface area contributed by atoms with Crippen LogP contribution in [0.2, 0.25) is 0 Å². The highest BCUT2D eigenvalue weighted by Gasteiger charge is 2.30. The summed E-state index contributed by atoms with van der Waals surface area (Å²) in [6, 6.07) is 5.62. The number of rotatable bonds is 4. The Morgan fingerprint density at radius 3 is 2.67 bits per heavy atom. The van der Waals surface area contributed by atoms with Crippen molar-refractivity contribution in [1.29, 1.82) is 0 Å². The minimum Gasteiger partial charge on any atom is -0.462 e. The lowest BCUT2D eigenvalue weighted by atomic mass is 10.1. The minimum atomic E-state index is -0.612. The third-order valence-electron chi connectivity index (χ3n) is 4.93. The Morgan fingerprint density at radius 2 is 2.00 bits per heavy atom. The molecule has 2 aromatic rings. The normalized spacial score (nSPS) is 16.7. The van der Waals surface area contributed by atoms with Crippen LogP contribution in [-0.2, 0) is 16.0 Å². The molecule has 0 unspecified atom stereocenters. The first-order chi connectivity index (χ1) is 14.1. The van der Waals surface area contributed by atoms with Gasteiger partial charge in [-0.2, -0.15) is 0 Å². The van der Waals surface area contributed by atoms with Gasteiger partial charge in [-0.25, -0.2) is 9.59 Å². The molecule has 0 saturated carbocycles. The zero-order valence-corrected chi connectivity index (χ0v) is 19.9. The number of fused-ring (bicyclic) bond motifs is 1. The van der Waals surface area contributed by atoms with Crippen molar-refractivity contribution in [2.45, 2.75) is 46.3 Å². The number of carbonyl (C=O) groups excluding carboxylic acids is 2. The van der Waals surface area contributed by atoms with Crippen molar-refractivity contribution >= 4 is 45.6 Å². The van der Waals surface area contributed by atoms with Crippen LogP contribution < -0.4 is 5.43 Å². The molecule has 7 nitrogen and oxygen atoms in total. The quantitative estimate of drug-likeness (QED) is 0.444. The van der Waals surface area contributed by atoms with Gasteiger partial charge in [-0.3, -0.25) is 4.79 Å². The molecule has 0 radical (unpaired) electrons. The lowest BCUT2D eigenvalue weighted by molar-refractivity contribution is 0.0287. The molecule has 30 heavy (non-hydrogen) atoms. The number of carbonyl (C=O) groups is 2. The van der Waals surface area contributed by atoms with Crippen LogP contribution in [-0.4, -0.2) is 46.8 Å². The van der Waals surface area contributed by atoms with E-state index in [1.807, 2.05) is 37.5 Å². The Labute approximate surface area is 189 Å². The Kier molecular flexibility index (Phi) is 6.74. The molecule has 0 spiro atoms. The van der Waals surface area contributed by atoms with Gasteiger partial charge in [-0.05, 0) is 80.8 Å². The van der Waals surface area contributed by atoms with Crippen LogP contribution in [0.5, 0.6) is 0 Å². The van der Waals surface area contributed by atoms with E-state index in [1.54, 1.807) is 24.1 Å². The molecule has 1 aliphatic rings. The fourth-order valence-electron chi connectivity index (χ4n) is 3.63. The highest BCUT2D eigenvalue weighted by Crippen LogP contribution is 2.23. The second-order valence-corrected chi connectivity index (χ2v) is 9.73. The number of amides is 1. The summed E-state index contributed by atoms with van der Waals surface area (Å²) in [5, 5.41) is 0.495. The largest absolute Gasteiger partial charge is 0.462 e. The van der Waals surface area contributed by atoms with Crippen molar-refractivity contribution in [3.05, 3.63) is 43.8 Å². The molecule has 0 aliphatic carbocycles. The summed E-state index contributed by atoms with van der Waals surface area (Å²) >= 11 is 2.15. The molecule has 1 amide bonds. The summed E-state index contributed by atoms with van der Waals surface area (Å²) in [4.78, 5) is 39.3. The standard InChI is InChI=1S/C22H27IN2O5/c1-5-29-20(27)17-13-25(18-7-6-15(23)10-16(18)19(17)26)12-14-8-9-24(11-14)21(28)30-22(2,3)4/h6-7,10,13-14H,5,8-9,11-12H2,1-4H3/t14-/m1/s1. The number of aromatic nitrogens is 1. The average Bonchev–Trinajstić information content (AvgIpc) is 3.11. The van der Waals surface area contributed by atoms with Crippen LogP contribution in [0.15, 0.2) is 29.2 Å². The first-order valence-corrected chi connectivity index (χ1v) is 11.1. The molecule has 162 valence electrons. The van der Waals surface area contributed by atoms with Gasteiger partial charge >= 0.3 is 12.1 Å². The number of pyridine rings is 1. The van der Waals surface area contributed by atoms with Crippen molar-refractivity contribution in [2.75, 3.05) is 19.7 Å². The van der Waals surface area contributed by atoms with E-state index in [2.05, 4.69) is 22.6 Å². The van der Waals surface area contributed by atoms with E-state index in [4.69, 9.17) is 9.47 Å². The predicted molar refractivity (Wildman–Crippen MR) is 123 cm³/mol. The van der Waals surface area contributed by atoms with Crippen molar-refractivity contribution in [3.8, 4) is 0 Å². The Balaban J connectivity index is 1.89. The monoisotopic (exact) mass is 526 g/mol. The first-order valence-electron chi connectivity index (χ1n) is 10.1. The second kappa shape index (κ2) is 8.95. The molecule has 1 fully saturated rings. The van der Waals surface area contributed by atoms with E-state index in [9.17, 15) is 14.4 Å². The van der Waals surface area contributed by atoms with Crippen molar-refractivity contribution in [2.24, 2.45) is 5.92 Å². The molecular formula is C22H27IN2O5. The molecule has 0 N–H and O–H groups in total. The van der Waals surface area contributed by atoms with E-state index in [0.717, 1.165) is 15.5 Å². The maximum Gasteiger partial charge on any atom is 0.410 e. The van der Waals surface area contributed by atoms with Crippen LogP contribution >= 0.6 is 22.6 Å². The number of esters is 1. The number of hydrogen-bond acceptors (Lipinski definition) is 5. The number of benzene rings is 1. The fraction of sp³-hybridized carbons (Fsp3) is 0.500. The summed E-state index contributed by atoms with van der Waals surface area (Å²) in [6.07, 6.45) is 2.11. The van der Waals surface area contributed by atoms with Gasteiger partial charge in [0.2, 0.25) is 5.43 Å². The van der Waals surface area contributed by atoms with Crippen LogP contribution in [0.3, 0.4) is 0 Å². The zero-order chi connectivity index (χ0) is 22.1. The van der Waals surface area contributed by atoms with E-state index in [1.165, 1.54) is 0 Å². The van der Waals surface area contributed by atoms with Crippen LogP contribution in [0.4, 0.5) is 4.79 Å². The summed E-state index contributed by atoms with van der Waals surface area (Å²) < 4.78 is 13.4. The summed E-state index contributed by atoms with van der Waals surface area (Å²) in [5.74, 6) is -0.420. The van der Waals surface area contributed by atoms with Crippen molar-refractivity contribution in [3.63, 3.8) is 0 Å². The molecular weight excluding hydrogens is 499 g/mol.